The summed E-state index contributed by atoms with van der Waals surface area (Å²) in [5, 5.41) is 9.08. The van der Waals surface area contributed by atoms with Gasteiger partial charge in [-0.15, -0.1) is 0 Å². The molecule has 0 amide bonds. The Morgan fingerprint density at radius 3 is 2.83 bits per heavy atom. The van der Waals surface area contributed by atoms with E-state index in [0.29, 0.717) is 12.1 Å². The highest BCUT2D eigenvalue weighted by Crippen LogP contribution is 2.24. The molecule has 1 aromatic carbocycles. The van der Waals surface area contributed by atoms with Gasteiger partial charge in [-0.05, 0) is 12.1 Å². The minimum Gasteiger partial charge on any atom is -0.364 e. The topological polar surface area (TPSA) is 87.2 Å². The predicted molar refractivity (Wildman–Crippen MR) is 70.0 cm³/mol. The largest absolute Gasteiger partial charge is 0.364 e. The number of para-hydroxylation sites is 1. The Balaban J connectivity index is 2.36. The van der Waals surface area contributed by atoms with Gasteiger partial charge in [0.15, 0.2) is 9.84 Å². The summed E-state index contributed by atoms with van der Waals surface area (Å²) >= 11 is 0. The first-order valence-electron chi connectivity index (χ1n) is 5.73. The van der Waals surface area contributed by atoms with E-state index in [4.69, 9.17) is 11.0 Å². The van der Waals surface area contributed by atoms with Crippen LogP contribution in [0.4, 0.5) is 5.69 Å². The molecule has 1 aromatic rings. The van der Waals surface area contributed by atoms with Crippen molar-refractivity contribution in [2.75, 3.05) is 29.5 Å². The van der Waals surface area contributed by atoms with Crippen LogP contribution in [0.3, 0.4) is 0 Å². The fourth-order valence-electron chi connectivity index (χ4n) is 2.22. The number of hydrogen-bond donors (Lipinski definition) is 1. The molecule has 1 aliphatic rings. The van der Waals surface area contributed by atoms with E-state index in [2.05, 4.69) is 6.07 Å². The number of nitrogens with two attached hydrogens (primary N) is 1. The van der Waals surface area contributed by atoms with Gasteiger partial charge in [0.25, 0.3) is 0 Å². The van der Waals surface area contributed by atoms with E-state index in [-0.39, 0.29) is 24.1 Å². The van der Waals surface area contributed by atoms with Crippen LogP contribution < -0.4 is 10.6 Å². The van der Waals surface area contributed by atoms with Crippen LogP contribution in [0.15, 0.2) is 24.3 Å². The monoisotopic (exact) mass is 265 g/mol. The van der Waals surface area contributed by atoms with Crippen molar-refractivity contribution < 1.29 is 8.42 Å². The molecule has 0 saturated carbocycles. The molecule has 1 atom stereocenters. The number of sulfone groups is 1. The molecule has 0 radical (unpaired) electrons. The lowest BCUT2D eigenvalue weighted by atomic mass is 10.1. The molecule has 1 heterocycles. The third-order valence-electron chi connectivity index (χ3n) is 3.14. The molecule has 0 aromatic heterocycles. The lowest BCUT2D eigenvalue weighted by molar-refractivity contribution is 0.559. The van der Waals surface area contributed by atoms with Gasteiger partial charge < -0.3 is 10.6 Å². The van der Waals surface area contributed by atoms with Crippen molar-refractivity contribution in [2.45, 2.75) is 6.04 Å². The Kier molecular flexibility index (Phi) is 3.55. The molecule has 5 nitrogen and oxygen atoms in total. The summed E-state index contributed by atoms with van der Waals surface area (Å²) in [4.78, 5) is 1.93. The van der Waals surface area contributed by atoms with Crippen LogP contribution in [0.25, 0.3) is 0 Å². The molecule has 0 spiro atoms. The number of hydrogen-bond acceptors (Lipinski definition) is 5. The third kappa shape index (κ3) is 2.47. The van der Waals surface area contributed by atoms with Gasteiger partial charge in [0.1, 0.15) is 6.07 Å². The standard InChI is InChI=1S/C12H15N3O2S/c13-7-10-3-1-2-4-12(10)15-5-6-18(16,17)9-11(15)8-14/h1-4,11H,5-6,8-9,14H2. The first kappa shape index (κ1) is 12.9. The highest BCUT2D eigenvalue weighted by Gasteiger charge is 2.31. The van der Waals surface area contributed by atoms with Crippen LogP contribution >= 0.6 is 0 Å². The predicted octanol–water partition coefficient (Wildman–Crippen LogP) is 0.120. The summed E-state index contributed by atoms with van der Waals surface area (Å²) in [6.45, 7) is 0.655. The zero-order valence-corrected chi connectivity index (χ0v) is 10.7. The van der Waals surface area contributed by atoms with E-state index in [9.17, 15) is 8.42 Å². The zero-order valence-electron chi connectivity index (χ0n) is 9.91. The molecule has 0 bridgehead atoms. The van der Waals surface area contributed by atoms with Crippen molar-refractivity contribution >= 4 is 15.5 Å². The van der Waals surface area contributed by atoms with Crippen LogP contribution in [-0.4, -0.2) is 39.1 Å². The normalized spacial score (nSPS) is 22.4. The zero-order chi connectivity index (χ0) is 13.2. The van der Waals surface area contributed by atoms with Crippen molar-refractivity contribution in [3.8, 4) is 6.07 Å². The number of rotatable bonds is 2. The van der Waals surface area contributed by atoms with Crippen molar-refractivity contribution in [3.63, 3.8) is 0 Å². The molecular weight excluding hydrogens is 250 g/mol. The van der Waals surface area contributed by atoms with E-state index < -0.39 is 9.84 Å². The fraction of sp³-hybridized carbons (Fsp3) is 0.417. The average Bonchev–Trinajstić information content (AvgIpc) is 2.37. The molecule has 1 saturated heterocycles. The van der Waals surface area contributed by atoms with E-state index in [1.807, 2.05) is 17.0 Å². The quantitative estimate of drug-likeness (QED) is 0.820. The van der Waals surface area contributed by atoms with Crippen LogP contribution in [0, 0.1) is 11.3 Å². The molecule has 96 valence electrons. The molecule has 1 fully saturated rings. The second-order valence-corrected chi connectivity index (χ2v) is 6.55. The Hall–Kier alpha value is -1.58. The van der Waals surface area contributed by atoms with Gasteiger partial charge in [0.05, 0.1) is 28.8 Å². The van der Waals surface area contributed by atoms with Crippen LogP contribution in [0.1, 0.15) is 5.56 Å². The minimum absolute atomic E-state index is 0.0588. The molecule has 2 rings (SSSR count). The molecule has 2 N–H and O–H groups in total. The highest BCUT2D eigenvalue weighted by atomic mass is 32.2. The lowest BCUT2D eigenvalue weighted by Gasteiger charge is -2.37. The van der Waals surface area contributed by atoms with Crippen molar-refractivity contribution in [2.24, 2.45) is 5.73 Å². The fourth-order valence-corrected chi connectivity index (χ4v) is 3.76. The highest BCUT2D eigenvalue weighted by molar-refractivity contribution is 7.91. The van der Waals surface area contributed by atoms with E-state index in [1.165, 1.54) is 0 Å². The first-order chi connectivity index (χ1) is 8.57. The molecule has 18 heavy (non-hydrogen) atoms. The molecule has 1 aliphatic heterocycles. The number of benzene rings is 1. The van der Waals surface area contributed by atoms with E-state index >= 15 is 0 Å². The van der Waals surface area contributed by atoms with E-state index in [0.717, 1.165) is 5.69 Å². The van der Waals surface area contributed by atoms with Crippen LogP contribution in [-0.2, 0) is 9.84 Å². The Labute approximate surface area is 107 Å². The SMILES string of the molecule is N#Cc1ccccc1N1CCS(=O)(=O)CC1CN. The number of nitriles is 1. The Morgan fingerprint density at radius 1 is 1.44 bits per heavy atom. The molecular formula is C12H15N3O2S. The van der Waals surface area contributed by atoms with Crippen molar-refractivity contribution in [1.29, 1.82) is 5.26 Å². The maximum atomic E-state index is 11.6. The average molecular weight is 265 g/mol. The van der Waals surface area contributed by atoms with Gasteiger partial charge in [-0.3, -0.25) is 0 Å². The van der Waals surface area contributed by atoms with E-state index in [1.54, 1.807) is 12.1 Å². The first-order valence-corrected chi connectivity index (χ1v) is 7.56. The second-order valence-electron chi connectivity index (χ2n) is 4.33. The van der Waals surface area contributed by atoms with Crippen molar-refractivity contribution in [1.82, 2.24) is 0 Å². The summed E-state index contributed by atoms with van der Waals surface area (Å²) in [7, 11) is -3.01. The summed E-state index contributed by atoms with van der Waals surface area (Å²) in [5.41, 5.74) is 6.97. The lowest BCUT2D eigenvalue weighted by Crippen LogP contribution is -2.52. The van der Waals surface area contributed by atoms with Gasteiger partial charge >= 0.3 is 0 Å². The summed E-state index contributed by atoms with van der Waals surface area (Å²) in [6.07, 6.45) is 0. The van der Waals surface area contributed by atoms with Gasteiger partial charge in [0, 0.05) is 13.1 Å². The Bertz CT molecular complexity index is 577. The van der Waals surface area contributed by atoms with Crippen molar-refractivity contribution in [3.05, 3.63) is 29.8 Å². The smallest absolute Gasteiger partial charge is 0.154 e. The van der Waals surface area contributed by atoms with Gasteiger partial charge in [-0.25, -0.2) is 8.42 Å². The molecule has 0 aliphatic carbocycles. The Morgan fingerprint density at radius 2 is 2.17 bits per heavy atom. The third-order valence-corrected chi connectivity index (χ3v) is 4.83. The van der Waals surface area contributed by atoms with Crippen LogP contribution in [0.2, 0.25) is 0 Å². The van der Waals surface area contributed by atoms with Gasteiger partial charge in [0.2, 0.25) is 0 Å². The summed E-state index contributed by atoms with van der Waals surface area (Å²) in [6, 6.07) is 9.07. The summed E-state index contributed by atoms with van der Waals surface area (Å²) in [5.74, 6) is 0.173. The molecule has 6 heteroatoms. The molecule has 1 unspecified atom stereocenters. The van der Waals surface area contributed by atoms with Crippen LogP contribution in [0.5, 0.6) is 0 Å². The minimum atomic E-state index is -3.01. The van der Waals surface area contributed by atoms with Gasteiger partial charge in [-0.2, -0.15) is 5.26 Å². The summed E-state index contributed by atoms with van der Waals surface area (Å²) < 4.78 is 23.2. The maximum Gasteiger partial charge on any atom is 0.154 e. The van der Waals surface area contributed by atoms with Gasteiger partial charge in [-0.1, -0.05) is 12.1 Å². The number of nitrogens with zero attached hydrogens (tertiary/aromatic N) is 2. The second kappa shape index (κ2) is 4.96. The number of anilines is 1. The maximum absolute atomic E-state index is 11.6.